The average Bonchev–Trinajstić information content (AvgIpc) is 2.72. The first-order valence-corrected chi connectivity index (χ1v) is 11.4. The molecule has 168 valence electrons. The molecule has 1 fully saturated rings. The molecule has 0 aromatic rings. The molecule has 0 bridgehead atoms. The number of unbranched alkanes of at least 4 members (excludes halogenated alkanes) is 6. The van der Waals surface area contributed by atoms with Gasteiger partial charge in [-0.15, -0.1) is 0 Å². The lowest BCUT2D eigenvalue weighted by Gasteiger charge is -2.45. The molecule has 0 aromatic carbocycles. The standard InChI is InChI=1S/C22H44O6/c1-5-8-11-14-25-19-18(17-23)28-22(24-4)21(27-16-13-10-7-3)20(19)26-15-12-9-6-2/h18-23H,5-17H2,1-4H3/t18-,19-,20+,21-,22?/m1/s1. The fourth-order valence-corrected chi connectivity index (χ4v) is 3.50. The highest BCUT2D eigenvalue weighted by atomic mass is 16.7. The van der Waals surface area contributed by atoms with Gasteiger partial charge < -0.3 is 28.8 Å². The predicted molar refractivity (Wildman–Crippen MR) is 111 cm³/mol. The first-order chi connectivity index (χ1) is 13.7. The van der Waals surface area contributed by atoms with E-state index in [1.165, 1.54) is 0 Å². The molecule has 0 aromatic heterocycles. The second-order valence-corrected chi connectivity index (χ2v) is 7.59. The van der Waals surface area contributed by atoms with Crippen molar-refractivity contribution in [2.45, 2.75) is 109 Å². The van der Waals surface area contributed by atoms with Crippen LogP contribution < -0.4 is 0 Å². The summed E-state index contributed by atoms with van der Waals surface area (Å²) in [7, 11) is 1.61. The van der Waals surface area contributed by atoms with E-state index in [2.05, 4.69) is 20.8 Å². The van der Waals surface area contributed by atoms with E-state index < -0.39 is 12.4 Å². The Kier molecular flexibility index (Phi) is 15.2. The number of ether oxygens (including phenoxy) is 5. The Morgan fingerprint density at radius 1 is 0.679 bits per heavy atom. The molecular formula is C22H44O6. The molecule has 0 saturated carbocycles. The van der Waals surface area contributed by atoms with Crippen LogP contribution in [-0.2, 0) is 23.7 Å². The Bertz CT molecular complexity index is 328. The van der Waals surface area contributed by atoms with Gasteiger partial charge in [0.15, 0.2) is 6.29 Å². The summed E-state index contributed by atoms with van der Waals surface area (Å²) in [5.74, 6) is 0. The van der Waals surface area contributed by atoms with Crippen LogP contribution in [0.15, 0.2) is 0 Å². The number of aliphatic hydroxyl groups excluding tert-OH is 1. The smallest absolute Gasteiger partial charge is 0.186 e. The van der Waals surface area contributed by atoms with Crippen LogP contribution in [0, 0.1) is 0 Å². The Morgan fingerprint density at radius 3 is 1.57 bits per heavy atom. The summed E-state index contributed by atoms with van der Waals surface area (Å²) < 4.78 is 30.1. The van der Waals surface area contributed by atoms with Crippen molar-refractivity contribution >= 4 is 0 Å². The van der Waals surface area contributed by atoms with Crippen LogP contribution in [0.4, 0.5) is 0 Å². The zero-order valence-corrected chi connectivity index (χ0v) is 18.6. The second-order valence-electron chi connectivity index (χ2n) is 7.59. The van der Waals surface area contributed by atoms with Gasteiger partial charge in [-0.3, -0.25) is 0 Å². The summed E-state index contributed by atoms with van der Waals surface area (Å²) >= 11 is 0. The summed E-state index contributed by atoms with van der Waals surface area (Å²) in [6.45, 7) is 8.32. The number of rotatable bonds is 17. The zero-order chi connectivity index (χ0) is 20.6. The normalized spacial score (nSPS) is 28.0. The van der Waals surface area contributed by atoms with Gasteiger partial charge >= 0.3 is 0 Å². The molecule has 5 atom stereocenters. The molecule has 0 radical (unpaired) electrons. The van der Waals surface area contributed by atoms with Gasteiger partial charge in [0.1, 0.15) is 24.4 Å². The summed E-state index contributed by atoms with van der Waals surface area (Å²) in [6.07, 6.45) is 7.73. The number of hydrogen-bond donors (Lipinski definition) is 1. The van der Waals surface area contributed by atoms with Crippen molar-refractivity contribution in [2.75, 3.05) is 33.5 Å². The quantitative estimate of drug-likeness (QED) is 0.369. The van der Waals surface area contributed by atoms with E-state index in [1.807, 2.05) is 0 Å². The maximum Gasteiger partial charge on any atom is 0.186 e. The minimum Gasteiger partial charge on any atom is -0.394 e. The average molecular weight is 405 g/mol. The van der Waals surface area contributed by atoms with Crippen LogP contribution in [0.25, 0.3) is 0 Å². The molecule has 0 amide bonds. The minimum atomic E-state index is -0.564. The summed E-state index contributed by atoms with van der Waals surface area (Å²) in [4.78, 5) is 0. The van der Waals surface area contributed by atoms with Gasteiger partial charge in [0.05, 0.1) is 6.61 Å². The first kappa shape index (κ1) is 25.8. The molecule has 1 N–H and O–H groups in total. The summed E-state index contributed by atoms with van der Waals surface area (Å²) in [5, 5.41) is 9.88. The van der Waals surface area contributed by atoms with Crippen molar-refractivity contribution in [2.24, 2.45) is 0 Å². The summed E-state index contributed by atoms with van der Waals surface area (Å²) in [6, 6.07) is 0. The van der Waals surface area contributed by atoms with Gasteiger partial charge in [-0.05, 0) is 19.3 Å². The van der Waals surface area contributed by atoms with Crippen LogP contribution in [0.1, 0.15) is 78.6 Å². The largest absolute Gasteiger partial charge is 0.394 e. The van der Waals surface area contributed by atoms with Gasteiger partial charge in [0.25, 0.3) is 0 Å². The van der Waals surface area contributed by atoms with Crippen LogP contribution in [0.3, 0.4) is 0 Å². The Morgan fingerprint density at radius 2 is 1.14 bits per heavy atom. The van der Waals surface area contributed by atoms with Crippen molar-refractivity contribution in [3.63, 3.8) is 0 Å². The van der Waals surface area contributed by atoms with E-state index in [0.717, 1.165) is 57.8 Å². The van der Waals surface area contributed by atoms with Crippen LogP contribution in [0.2, 0.25) is 0 Å². The molecule has 1 aliphatic rings. The fourth-order valence-electron chi connectivity index (χ4n) is 3.50. The van der Waals surface area contributed by atoms with Gasteiger partial charge in [-0.25, -0.2) is 0 Å². The number of aliphatic hydroxyl groups is 1. The Balaban J connectivity index is 2.83. The predicted octanol–water partition coefficient (Wildman–Crippen LogP) is 4.08. The topological polar surface area (TPSA) is 66.4 Å². The molecule has 6 nitrogen and oxygen atoms in total. The van der Waals surface area contributed by atoms with E-state index >= 15 is 0 Å². The third-order valence-electron chi connectivity index (χ3n) is 5.18. The van der Waals surface area contributed by atoms with Crippen molar-refractivity contribution in [3.05, 3.63) is 0 Å². The molecule has 1 saturated heterocycles. The molecule has 1 heterocycles. The van der Waals surface area contributed by atoms with E-state index in [4.69, 9.17) is 23.7 Å². The van der Waals surface area contributed by atoms with Gasteiger partial charge in [-0.1, -0.05) is 59.3 Å². The van der Waals surface area contributed by atoms with Crippen molar-refractivity contribution in [1.82, 2.24) is 0 Å². The molecule has 1 aliphatic heterocycles. The number of hydrogen-bond acceptors (Lipinski definition) is 6. The Labute approximate surface area is 172 Å². The van der Waals surface area contributed by atoms with Crippen molar-refractivity contribution < 1.29 is 28.8 Å². The third-order valence-corrected chi connectivity index (χ3v) is 5.18. The highest BCUT2D eigenvalue weighted by molar-refractivity contribution is 4.92. The van der Waals surface area contributed by atoms with Crippen LogP contribution in [-0.4, -0.2) is 69.3 Å². The molecule has 0 spiro atoms. The number of methoxy groups -OCH3 is 1. The molecule has 1 rings (SSSR count). The molecule has 6 heteroatoms. The zero-order valence-electron chi connectivity index (χ0n) is 18.6. The molecule has 28 heavy (non-hydrogen) atoms. The SMILES string of the molecule is CCCCCO[C@H]1[C@H](OCCCCC)[C@@H](OCCCCC)C(OC)O[C@@H]1CO. The van der Waals surface area contributed by atoms with Crippen LogP contribution >= 0.6 is 0 Å². The van der Waals surface area contributed by atoms with Crippen LogP contribution in [0.5, 0.6) is 0 Å². The van der Waals surface area contributed by atoms with E-state index in [9.17, 15) is 5.11 Å². The molecule has 1 unspecified atom stereocenters. The lowest BCUT2D eigenvalue weighted by Crippen LogP contribution is -2.61. The van der Waals surface area contributed by atoms with Gasteiger partial charge in [0.2, 0.25) is 0 Å². The summed E-state index contributed by atoms with van der Waals surface area (Å²) in [5.41, 5.74) is 0. The Hall–Kier alpha value is -0.240. The highest BCUT2D eigenvalue weighted by Crippen LogP contribution is 2.29. The molecule has 0 aliphatic carbocycles. The first-order valence-electron chi connectivity index (χ1n) is 11.4. The monoisotopic (exact) mass is 404 g/mol. The molecular weight excluding hydrogens is 360 g/mol. The van der Waals surface area contributed by atoms with E-state index in [1.54, 1.807) is 7.11 Å². The lowest BCUT2D eigenvalue weighted by molar-refractivity contribution is -0.316. The minimum absolute atomic E-state index is 0.129. The third kappa shape index (κ3) is 9.06. The van der Waals surface area contributed by atoms with Gasteiger partial charge in [-0.2, -0.15) is 0 Å². The van der Waals surface area contributed by atoms with E-state index in [0.29, 0.717) is 19.8 Å². The maximum atomic E-state index is 9.88. The fraction of sp³-hybridized carbons (Fsp3) is 1.00. The second kappa shape index (κ2) is 16.5. The van der Waals surface area contributed by atoms with Crippen molar-refractivity contribution in [3.8, 4) is 0 Å². The van der Waals surface area contributed by atoms with E-state index in [-0.39, 0.29) is 24.9 Å². The lowest BCUT2D eigenvalue weighted by atomic mass is 9.98. The highest BCUT2D eigenvalue weighted by Gasteiger charge is 2.48. The van der Waals surface area contributed by atoms with Gasteiger partial charge in [0, 0.05) is 26.9 Å². The maximum absolute atomic E-state index is 9.88. The van der Waals surface area contributed by atoms with Crippen molar-refractivity contribution in [1.29, 1.82) is 0 Å².